The van der Waals surface area contributed by atoms with Gasteiger partial charge in [0.15, 0.2) is 5.96 Å². The fourth-order valence-corrected chi connectivity index (χ4v) is 4.15. The van der Waals surface area contributed by atoms with E-state index in [9.17, 15) is 29.4 Å². The highest BCUT2D eigenvalue weighted by Gasteiger charge is 2.30. The normalized spacial score (nSPS) is 13.9. The van der Waals surface area contributed by atoms with Crippen LogP contribution in [0.1, 0.15) is 37.7 Å². The number of rotatable bonds is 18. The van der Waals surface area contributed by atoms with Gasteiger partial charge in [-0.3, -0.25) is 19.4 Å². The van der Waals surface area contributed by atoms with Gasteiger partial charge in [0, 0.05) is 30.1 Å². The van der Waals surface area contributed by atoms with Crippen molar-refractivity contribution in [3.8, 4) is 0 Å². The van der Waals surface area contributed by atoms with E-state index in [-0.39, 0.29) is 31.8 Å². The van der Waals surface area contributed by atoms with Crippen LogP contribution < -0.4 is 38.9 Å². The number of hydrogen-bond acceptors (Lipinski definition) is 8. The Hall–Kier alpha value is -4.21. The number of nitrogens with two attached hydrogens (primary N) is 4. The summed E-state index contributed by atoms with van der Waals surface area (Å²) in [5.74, 6) is -3.58. The molecule has 0 saturated heterocycles. The number of carboxylic acids is 1. The number of para-hydroxylation sites is 1. The average molecular weight is 576 g/mol. The minimum Gasteiger partial charge on any atom is -0.480 e. The molecule has 0 aliphatic rings. The number of carbonyl (C=O) groups is 4. The molecule has 2 rings (SSSR count). The molecule has 0 fully saturated rings. The Morgan fingerprint density at radius 3 is 2.22 bits per heavy atom. The molecule has 0 aliphatic carbocycles. The Morgan fingerprint density at radius 1 is 0.902 bits per heavy atom. The van der Waals surface area contributed by atoms with E-state index in [2.05, 4.69) is 25.9 Å². The molecular formula is C26H41N9O6. The van der Waals surface area contributed by atoms with Crippen LogP contribution in [-0.2, 0) is 25.6 Å². The third kappa shape index (κ3) is 10.7. The maximum atomic E-state index is 13.4. The Bertz CT molecular complexity index is 1200. The van der Waals surface area contributed by atoms with Crippen LogP contribution in [0.5, 0.6) is 0 Å². The predicted molar refractivity (Wildman–Crippen MR) is 153 cm³/mol. The number of aromatic amines is 1. The number of hydrogen-bond donors (Lipinski definition) is 10. The number of carboxylic acid groups (broad SMARTS) is 1. The van der Waals surface area contributed by atoms with E-state index < -0.39 is 54.5 Å². The van der Waals surface area contributed by atoms with Gasteiger partial charge < -0.3 is 54.1 Å². The van der Waals surface area contributed by atoms with Crippen molar-refractivity contribution in [1.29, 1.82) is 0 Å². The highest BCUT2D eigenvalue weighted by Crippen LogP contribution is 2.19. The summed E-state index contributed by atoms with van der Waals surface area (Å²) in [4.78, 5) is 57.6. The molecule has 4 atom stereocenters. The first kappa shape index (κ1) is 33.0. The third-order valence-electron chi connectivity index (χ3n) is 6.41. The number of aliphatic hydroxyl groups excluding tert-OH is 1. The maximum Gasteiger partial charge on any atom is 0.326 e. The molecule has 15 nitrogen and oxygen atoms in total. The molecule has 1 aromatic carbocycles. The fraction of sp³-hybridized carbons (Fsp3) is 0.500. The summed E-state index contributed by atoms with van der Waals surface area (Å²) in [6, 6.07) is 2.56. The molecule has 0 spiro atoms. The zero-order valence-corrected chi connectivity index (χ0v) is 22.8. The Kier molecular flexibility index (Phi) is 13.5. The number of aliphatic carboxylic acids is 1. The lowest BCUT2D eigenvalue weighted by molar-refractivity contribution is -0.142. The van der Waals surface area contributed by atoms with Crippen molar-refractivity contribution in [2.24, 2.45) is 27.9 Å². The van der Waals surface area contributed by atoms with Gasteiger partial charge in [0.05, 0.1) is 12.6 Å². The monoisotopic (exact) mass is 575 g/mol. The first-order valence-corrected chi connectivity index (χ1v) is 13.4. The predicted octanol–water partition coefficient (Wildman–Crippen LogP) is -2.25. The molecule has 3 amide bonds. The molecule has 1 aromatic heterocycles. The summed E-state index contributed by atoms with van der Waals surface area (Å²) < 4.78 is 0. The number of guanidine groups is 1. The van der Waals surface area contributed by atoms with Gasteiger partial charge in [-0.15, -0.1) is 0 Å². The first-order chi connectivity index (χ1) is 19.6. The summed E-state index contributed by atoms with van der Waals surface area (Å²) in [7, 11) is 0. The molecule has 41 heavy (non-hydrogen) atoms. The van der Waals surface area contributed by atoms with Crippen molar-refractivity contribution < 1.29 is 29.4 Å². The molecule has 226 valence electrons. The van der Waals surface area contributed by atoms with E-state index >= 15 is 0 Å². The van der Waals surface area contributed by atoms with Crippen molar-refractivity contribution in [1.82, 2.24) is 20.9 Å². The summed E-state index contributed by atoms with van der Waals surface area (Å²) >= 11 is 0. The van der Waals surface area contributed by atoms with Crippen LogP contribution in [0, 0.1) is 0 Å². The second-order valence-corrected chi connectivity index (χ2v) is 9.61. The SMILES string of the molecule is NCCCCC(NC(=O)C(CO)NC(=O)C(Cc1c[nH]c2ccccc12)NC(=O)C(N)CCCN=C(N)N)C(=O)O. The number of aromatic nitrogens is 1. The van der Waals surface area contributed by atoms with Crippen LogP contribution in [0.4, 0.5) is 0 Å². The topological polar surface area (TPSA) is 277 Å². The molecule has 14 N–H and O–H groups in total. The van der Waals surface area contributed by atoms with Crippen LogP contribution >= 0.6 is 0 Å². The number of aliphatic hydroxyl groups is 1. The second-order valence-electron chi connectivity index (χ2n) is 9.61. The number of nitrogens with zero attached hydrogens (tertiary/aromatic N) is 1. The van der Waals surface area contributed by atoms with Gasteiger partial charge in [0.25, 0.3) is 0 Å². The largest absolute Gasteiger partial charge is 0.480 e. The van der Waals surface area contributed by atoms with Crippen LogP contribution in [0.2, 0.25) is 0 Å². The minimum absolute atomic E-state index is 0.0406. The fourth-order valence-electron chi connectivity index (χ4n) is 4.15. The number of nitrogens with one attached hydrogen (secondary N) is 4. The molecule has 15 heteroatoms. The van der Waals surface area contributed by atoms with E-state index in [1.807, 2.05) is 24.3 Å². The smallest absolute Gasteiger partial charge is 0.326 e. The molecule has 0 aliphatic heterocycles. The average Bonchev–Trinajstić information content (AvgIpc) is 3.35. The van der Waals surface area contributed by atoms with Gasteiger partial charge in [-0.1, -0.05) is 18.2 Å². The second kappa shape index (κ2) is 16.8. The van der Waals surface area contributed by atoms with Gasteiger partial charge in [0.1, 0.15) is 18.1 Å². The highest BCUT2D eigenvalue weighted by molar-refractivity contribution is 5.95. The van der Waals surface area contributed by atoms with E-state index in [1.54, 1.807) is 6.20 Å². The Morgan fingerprint density at radius 2 is 1.56 bits per heavy atom. The third-order valence-corrected chi connectivity index (χ3v) is 6.41. The molecule has 4 unspecified atom stereocenters. The molecule has 0 radical (unpaired) electrons. The molecule has 2 aromatic rings. The number of amides is 3. The summed E-state index contributed by atoms with van der Waals surface area (Å²) in [6.45, 7) is -0.150. The Balaban J connectivity index is 2.17. The van der Waals surface area contributed by atoms with E-state index in [0.717, 1.165) is 16.5 Å². The van der Waals surface area contributed by atoms with Crippen molar-refractivity contribution >= 4 is 40.6 Å². The summed E-state index contributed by atoms with van der Waals surface area (Å²) in [5.41, 5.74) is 23.6. The number of carbonyl (C=O) groups excluding carboxylic acids is 3. The van der Waals surface area contributed by atoms with Crippen LogP contribution in [-0.4, -0.2) is 88.7 Å². The van der Waals surface area contributed by atoms with Gasteiger partial charge in [-0.25, -0.2) is 4.79 Å². The lowest BCUT2D eigenvalue weighted by Crippen LogP contribution is -2.58. The quantitative estimate of drug-likeness (QED) is 0.0518. The number of unbranched alkanes of at least 4 members (excludes halogenated alkanes) is 1. The van der Waals surface area contributed by atoms with E-state index in [4.69, 9.17) is 22.9 Å². The van der Waals surface area contributed by atoms with Crippen LogP contribution in [0.3, 0.4) is 0 Å². The molecular weight excluding hydrogens is 534 g/mol. The lowest BCUT2D eigenvalue weighted by Gasteiger charge is -2.24. The summed E-state index contributed by atoms with van der Waals surface area (Å²) in [5, 5.41) is 27.5. The Labute approximate surface area is 237 Å². The van der Waals surface area contributed by atoms with E-state index in [0.29, 0.717) is 25.8 Å². The van der Waals surface area contributed by atoms with Crippen LogP contribution in [0.15, 0.2) is 35.5 Å². The number of aliphatic imine (C=N–C) groups is 1. The van der Waals surface area contributed by atoms with E-state index in [1.165, 1.54) is 0 Å². The molecule has 0 saturated carbocycles. The van der Waals surface area contributed by atoms with Crippen molar-refractivity contribution in [3.63, 3.8) is 0 Å². The first-order valence-electron chi connectivity index (χ1n) is 13.4. The minimum atomic E-state index is -1.46. The van der Waals surface area contributed by atoms with Crippen molar-refractivity contribution in [2.75, 3.05) is 19.7 Å². The maximum absolute atomic E-state index is 13.4. The van der Waals surface area contributed by atoms with Gasteiger partial charge in [-0.05, 0) is 50.3 Å². The van der Waals surface area contributed by atoms with Crippen LogP contribution in [0.25, 0.3) is 10.9 Å². The molecule has 0 bridgehead atoms. The number of benzene rings is 1. The highest BCUT2D eigenvalue weighted by atomic mass is 16.4. The lowest BCUT2D eigenvalue weighted by atomic mass is 10.0. The summed E-state index contributed by atoms with van der Waals surface area (Å²) in [6.07, 6.45) is 3.59. The van der Waals surface area contributed by atoms with Gasteiger partial charge in [0.2, 0.25) is 17.7 Å². The van der Waals surface area contributed by atoms with Gasteiger partial charge >= 0.3 is 5.97 Å². The molecule has 1 heterocycles. The van der Waals surface area contributed by atoms with Crippen molar-refractivity contribution in [2.45, 2.75) is 62.7 Å². The zero-order chi connectivity index (χ0) is 30.4. The standard InChI is InChI=1S/C26H41N9O6/c27-10-4-3-9-19(25(40)41)33-24(39)21(14-36)35-23(38)20(12-15-13-32-18-8-2-1-6-16(15)18)34-22(37)17(28)7-5-11-31-26(29)30/h1-2,6,8,13,17,19-21,32,36H,3-5,7,9-12,14,27-28H2,(H,33,39)(H,34,37)(H,35,38)(H,40,41)(H4,29,30,31). The van der Waals surface area contributed by atoms with Gasteiger partial charge in [-0.2, -0.15) is 0 Å². The number of fused-ring (bicyclic) bond motifs is 1. The number of H-pyrrole nitrogens is 1. The van der Waals surface area contributed by atoms with Crippen molar-refractivity contribution in [3.05, 3.63) is 36.0 Å². The zero-order valence-electron chi connectivity index (χ0n) is 22.8.